The Morgan fingerprint density at radius 1 is 1.31 bits per heavy atom. The van der Waals surface area contributed by atoms with Crippen molar-refractivity contribution in [3.05, 3.63) is 27.7 Å². The highest BCUT2D eigenvalue weighted by Crippen LogP contribution is 2.28. The fourth-order valence-corrected chi connectivity index (χ4v) is 1.88. The summed E-state index contributed by atoms with van der Waals surface area (Å²) < 4.78 is 0.782. The molecule has 13 heavy (non-hydrogen) atoms. The van der Waals surface area contributed by atoms with Crippen molar-refractivity contribution in [1.82, 2.24) is 5.32 Å². The van der Waals surface area contributed by atoms with E-state index in [9.17, 15) is 5.11 Å². The third-order valence-corrected chi connectivity index (χ3v) is 2.79. The maximum Gasteiger partial charge on any atom is 0.130 e. The summed E-state index contributed by atoms with van der Waals surface area (Å²) in [6, 6.07) is 3.83. The Hall–Kier alpha value is -0.250. The first-order valence-electron chi connectivity index (χ1n) is 3.98. The molecule has 0 saturated heterocycles. The van der Waals surface area contributed by atoms with Gasteiger partial charge in [-0.15, -0.1) is 12.4 Å². The van der Waals surface area contributed by atoms with E-state index in [4.69, 9.17) is 0 Å². The molecule has 0 radical (unpaired) electrons. The van der Waals surface area contributed by atoms with Crippen molar-refractivity contribution < 1.29 is 5.11 Å². The Bertz CT molecular complexity index is 286. The number of rotatable bonds is 0. The minimum Gasteiger partial charge on any atom is -0.507 e. The van der Waals surface area contributed by atoms with E-state index in [1.165, 1.54) is 11.1 Å². The molecule has 0 fully saturated rings. The first-order chi connectivity index (χ1) is 5.77. The van der Waals surface area contributed by atoms with E-state index < -0.39 is 0 Å². The summed E-state index contributed by atoms with van der Waals surface area (Å²) in [6.45, 7) is 1.92. The number of phenolic OH excluding ortho intramolecular Hbond substituents is 1. The number of hydrogen-bond donors (Lipinski definition) is 2. The quantitative estimate of drug-likeness (QED) is 0.753. The zero-order valence-electron chi connectivity index (χ0n) is 7.01. The van der Waals surface area contributed by atoms with E-state index in [2.05, 4.69) is 21.2 Å². The first-order valence-corrected chi connectivity index (χ1v) is 4.77. The summed E-state index contributed by atoms with van der Waals surface area (Å²) in [6.07, 6.45) is 1.01. The van der Waals surface area contributed by atoms with Crippen molar-refractivity contribution in [2.24, 2.45) is 0 Å². The molecule has 1 aliphatic rings. The second-order valence-corrected chi connectivity index (χ2v) is 3.85. The molecule has 1 aromatic rings. The Morgan fingerprint density at radius 3 is 2.85 bits per heavy atom. The molecule has 1 aromatic carbocycles. The molecule has 1 heterocycles. The van der Waals surface area contributed by atoms with Crippen LogP contribution in [0.15, 0.2) is 16.6 Å². The van der Waals surface area contributed by atoms with Gasteiger partial charge in [-0.1, -0.05) is 0 Å². The minimum absolute atomic E-state index is 0. The first kappa shape index (κ1) is 10.8. The summed E-state index contributed by atoms with van der Waals surface area (Å²) in [5.74, 6) is 0.343. The SMILES string of the molecule is Cl.Oc1cc2c(cc1Br)CNCC2. The highest BCUT2D eigenvalue weighted by atomic mass is 79.9. The lowest BCUT2D eigenvalue weighted by molar-refractivity contribution is 0.469. The maximum absolute atomic E-state index is 9.41. The minimum atomic E-state index is 0. The third-order valence-electron chi connectivity index (χ3n) is 2.16. The summed E-state index contributed by atoms with van der Waals surface area (Å²) in [5.41, 5.74) is 2.54. The van der Waals surface area contributed by atoms with Crippen LogP contribution in [0.2, 0.25) is 0 Å². The molecule has 0 amide bonds. The molecule has 4 heteroatoms. The van der Waals surface area contributed by atoms with Gasteiger partial charge in [0, 0.05) is 6.54 Å². The van der Waals surface area contributed by atoms with Crippen molar-refractivity contribution in [3.8, 4) is 5.75 Å². The van der Waals surface area contributed by atoms with E-state index in [-0.39, 0.29) is 12.4 Å². The number of hydrogen-bond acceptors (Lipinski definition) is 2. The molecule has 0 atom stereocenters. The van der Waals surface area contributed by atoms with Crippen LogP contribution in [0.1, 0.15) is 11.1 Å². The lowest BCUT2D eigenvalue weighted by atomic mass is 10.0. The van der Waals surface area contributed by atoms with E-state index in [0.29, 0.717) is 5.75 Å². The van der Waals surface area contributed by atoms with Crippen molar-refractivity contribution in [3.63, 3.8) is 0 Å². The zero-order valence-corrected chi connectivity index (χ0v) is 9.41. The van der Waals surface area contributed by atoms with Crippen LogP contribution in [0.4, 0.5) is 0 Å². The Labute approximate surface area is 91.9 Å². The van der Waals surface area contributed by atoms with Gasteiger partial charge in [0.25, 0.3) is 0 Å². The van der Waals surface area contributed by atoms with Gasteiger partial charge in [0.2, 0.25) is 0 Å². The molecule has 2 N–H and O–H groups in total. The maximum atomic E-state index is 9.41. The molecule has 72 valence electrons. The molecule has 0 aromatic heterocycles. The van der Waals surface area contributed by atoms with Crippen LogP contribution in [0.5, 0.6) is 5.75 Å². The highest BCUT2D eigenvalue weighted by molar-refractivity contribution is 9.10. The van der Waals surface area contributed by atoms with Gasteiger partial charge in [0.15, 0.2) is 0 Å². The Morgan fingerprint density at radius 2 is 2.08 bits per heavy atom. The van der Waals surface area contributed by atoms with Crippen LogP contribution in [0.3, 0.4) is 0 Å². The van der Waals surface area contributed by atoms with E-state index in [0.717, 1.165) is 24.0 Å². The average Bonchev–Trinajstić information content (AvgIpc) is 2.07. The number of benzene rings is 1. The van der Waals surface area contributed by atoms with Crippen molar-refractivity contribution in [2.75, 3.05) is 6.54 Å². The number of halogens is 2. The van der Waals surface area contributed by atoms with E-state index in [1.54, 1.807) is 0 Å². The zero-order chi connectivity index (χ0) is 8.55. The summed E-state index contributed by atoms with van der Waals surface area (Å²) in [7, 11) is 0. The van der Waals surface area contributed by atoms with Crippen LogP contribution < -0.4 is 5.32 Å². The molecule has 1 aliphatic heterocycles. The predicted octanol–water partition coefficient (Wildman–Crippen LogP) is 2.22. The van der Waals surface area contributed by atoms with Crippen LogP contribution in [0, 0.1) is 0 Å². The van der Waals surface area contributed by atoms with Gasteiger partial charge in [-0.2, -0.15) is 0 Å². The van der Waals surface area contributed by atoms with Gasteiger partial charge in [-0.25, -0.2) is 0 Å². The molecule has 0 unspecified atom stereocenters. The van der Waals surface area contributed by atoms with E-state index >= 15 is 0 Å². The number of aromatic hydroxyl groups is 1. The lowest BCUT2D eigenvalue weighted by Crippen LogP contribution is -2.23. The normalized spacial score (nSPS) is 14.5. The van der Waals surface area contributed by atoms with E-state index in [1.807, 2.05) is 12.1 Å². The Balaban J connectivity index is 0.000000845. The molecule has 0 spiro atoms. The summed E-state index contributed by atoms with van der Waals surface area (Å²) in [5, 5.41) is 12.7. The van der Waals surface area contributed by atoms with Crippen LogP contribution in [-0.4, -0.2) is 11.7 Å². The fraction of sp³-hybridized carbons (Fsp3) is 0.333. The number of fused-ring (bicyclic) bond motifs is 1. The van der Waals surface area contributed by atoms with Crippen LogP contribution in [0.25, 0.3) is 0 Å². The summed E-state index contributed by atoms with van der Waals surface area (Å²) >= 11 is 3.30. The smallest absolute Gasteiger partial charge is 0.130 e. The standard InChI is InChI=1S/C9H10BrNO.ClH/c10-8-3-7-5-11-2-1-6(7)4-9(8)12;/h3-4,11-12H,1-2,5H2;1H. The van der Waals surface area contributed by atoms with Gasteiger partial charge < -0.3 is 10.4 Å². The van der Waals surface area contributed by atoms with Crippen LogP contribution in [-0.2, 0) is 13.0 Å². The molecule has 0 bridgehead atoms. The second kappa shape index (κ2) is 4.31. The molecule has 2 rings (SSSR count). The van der Waals surface area contributed by atoms with Gasteiger partial charge in [0.05, 0.1) is 4.47 Å². The topological polar surface area (TPSA) is 32.3 Å². The van der Waals surface area contributed by atoms with Gasteiger partial charge >= 0.3 is 0 Å². The second-order valence-electron chi connectivity index (χ2n) is 3.00. The van der Waals surface area contributed by atoms with Gasteiger partial charge in [-0.3, -0.25) is 0 Å². The number of phenols is 1. The number of nitrogens with one attached hydrogen (secondary N) is 1. The highest BCUT2D eigenvalue weighted by Gasteiger charge is 2.10. The molecule has 0 aliphatic carbocycles. The van der Waals surface area contributed by atoms with Crippen molar-refractivity contribution in [1.29, 1.82) is 0 Å². The fourth-order valence-electron chi connectivity index (χ4n) is 1.49. The predicted molar refractivity (Wildman–Crippen MR) is 58.5 cm³/mol. The van der Waals surface area contributed by atoms with Gasteiger partial charge in [0.1, 0.15) is 5.75 Å². The molecule has 0 saturated carbocycles. The van der Waals surface area contributed by atoms with Crippen molar-refractivity contribution >= 4 is 28.3 Å². The van der Waals surface area contributed by atoms with Crippen LogP contribution >= 0.6 is 28.3 Å². The van der Waals surface area contributed by atoms with Crippen molar-refractivity contribution in [2.45, 2.75) is 13.0 Å². The monoisotopic (exact) mass is 263 g/mol. The third kappa shape index (κ3) is 2.16. The Kier molecular flexibility index (Phi) is 3.59. The molecule has 2 nitrogen and oxygen atoms in total. The summed E-state index contributed by atoms with van der Waals surface area (Å²) in [4.78, 5) is 0. The molecular formula is C9H11BrClNO. The average molecular weight is 265 g/mol. The molecular weight excluding hydrogens is 253 g/mol. The van der Waals surface area contributed by atoms with Gasteiger partial charge in [-0.05, 0) is 52.2 Å². The lowest BCUT2D eigenvalue weighted by Gasteiger charge is -2.17. The largest absolute Gasteiger partial charge is 0.507 e.